The van der Waals surface area contributed by atoms with Crippen molar-refractivity contribution in [2.75, 3.05) is 0 Å². The maximum atomic E-state index is 8.76. The standard InChI is InChI=1S/C8H13BN2O3/c1-8(2,3)14-7-5-10-6(4-11-7)9(12)13/h4-5,12-13H,1-3H3. The lowest BCUT2D eigenvalue weighted by Crippen LogP contribution is -2.33. The van der Waals surface area contributed by atoms with Crippen LogP contribution in [0.15, 0.2) is 12.4 Å². The first-order valence-corrected chi connectivity index (χ1v) is 4.25. The number of hydrogen-bond donors (Lipinski definition) is 2. The second-order valence-corrected chi connectivity index (χ2v) is 3.87. The van der Waals surface area contributed by atoms with E-state index in [2.05, 4.69) is 9.97 Å². The maximum absolute atomic E-state index is 8.76. The molecule has 76 valence electrons. The molecule has 0 fully saturated rings. The molecule has 2 N–H and O–H groups in total. The SMILES string of the molecule is CC(C)(C)Oc1cnc(B(O)O)cn1. The third-order valence-electron chi connectivity index (χ3n) is 1.32. The molecule has 0 unspecified atom stereocenters. The highest BCUT2D eigenvalue weighted by Crippen LogP contribution is 2.12. The monoisotopic (exact) mass is 196 g/mol. The van der Waals surface area contributed by atoms with Gasteiger partial charge in [0.05, 0.1) is 11.8 Å². The predicted octanol–water partition coefficient (Wildman–Crippen LogP) is -0.666. The Morgan fingerprint density at radius 3 is 2.21 bits per heavy atom. The Hall–Kier alpha value is -1.14. The summed E-state index contributed by atoms with van der Waals surface area (Å²) in [6.07, 6.45) is 2.63. The third-order valence-corrected chi connectivity index (χ3v) is 1.32. The van der Waals surface area contributed by atoms with E-state index in [1.807, 2.05) is 20.8 Å². The zero-order valence-corrected chi connectivity index (χ0v) is 8.43. The Kier molecular flexibility index (Phi) is 3.08. The molecule has 1 rings (SSSR count). The molecule has 0 aliphatic heterocycles. The fourth-order valence-corrected chi connectivity index (χ4v) is 0.826. The summed E-state index contributed by atoms with van der Waals surface area (Å²) in [6, 6.07) is 0. The largest absolute Gasteiger partial charge is 0.509 e. The number of aromatic nitrogens is 2. The van der Waals surface area contributed by atoms with Crippen molar-refractivity contribution in [3.63, 3.8) is 0 Å². The molecular formula is C8H13BN2O3. The molecule has 5 nitrogen and oxygen atoms in total. The van der Waals surface area contributed by atoms with Gasteiger partial charge in [-0.2, -0.15) is 0 Å². The second-order valence-electron chi connectivity index (χ2n) is 3.87. The summed E-state index contributed by atoms with van der Waals surface area (Å²) in [6.45, 7) is 5.68. The fourth-order valence-electron chi connectivity index (χ4n) is 0.826. The summed E-state index contributed by atoms with van der Waals surface area (Å²) < 4.78 is 5.40. The van der Waals surface area contributed by atoms with Gasteiger partial charge in [0, 0.05) is 6.20 Å². The lowest BCUT2D eigenvalue weighted by atomic mass is 9.87. The van der Waals surface area contributed by atoms with Crippen LogP contribution in [0.25, 0.3) is 0 Å². The predicted molar refractivity (Wildman–Crippen MR) is 52.2 cm³/mol. The van der Waals surface area contributed by atoms with Crippen LogP contribution >= 0.6 is 0 Å². The Morgan fingerprint density at radius 1 is 1.21 bits per heavy atom. The highest BCUT2D eigenvalue weighted by molar-refractivity contribution is 6.57. The lowest BCUT2D eigenvalue weighted by Gasteiger charge is -2.19. The fraction of sp³-hybridized carbons (Fsp3) is 0.500. The van der Waals surface area contributed by atoms with E-state index in [0.29, 0.717) is 5.88 Å². The van der Waals surface area contributed by atoms with Gasteiger partial charge in [-0.1, -0.05) is 0 Å². The van der Waals surface area contributed by atoms with Gasteiger partial charge in [0.15, 0.2) is 0 Å². The van der Waals surface area contributed by atoms with Crippen LogP contribution in [0.4, 0.5) is 0 Å². The molecule has 0 bridgehead atoms. The average Bonchev–Trinajstić information content (AvgIpc) is 2.02. The van der Waals surface area contributed by atoms with Gasteiger partial charge in [-0.15, -0.1) is 0 Å². The van der Waals surface area contributed by atoms with E-state index >= 15 is 0 Å². The van der Waals surface area contributed by atoms with Gasteiger partial charge in [-0.25, -0.2) is 4.98 Å². The van der Waals surface area contributed by atoms with Crippen molar-refractivity contribution < 1.29 is 14.8 Å². The smallest absolute Gasteiger partial charge is 0.471 e. The van der Waals surface area contributed by atoms with Crippen LogP contribution in [0.2, 0.25) is 0 Å². The summed E-state index contributed by atoms with van der Waals surface area (Å²) in [4.78, 5) is 7.66. The third kappa shape index (κ3) is 3.31. The van der Waals surface area contributed by atoms with Crippen LogP contribution in [-0.2, 0) is 0 Å². The van der Waals surface area contributed by atoms with E-state index in [4.69, 9.17) is 14.8 Å². The van der Waals surface area contributed by atoms with Crippen LogP contribution in [0.3, 0.4) is 0 Å². The van der Waals surface area contributed by atoms with Crippen LogP contribution < -0.4 is 10.3 Å². The molecule has 0 radical (unpaired) electrons. The van der Waals surface area contributed by atoms with E-state index < -0.39 is 7.12 Å². The van der Waals surface area contributed by atoms with E-state index in [1.54, 1.807) is 0 Å². The molecule has 6 heteroatoms. The van der Waals surface area contributed by atoms with Crippen molar-refractivity contribution in [1.82, 2.24) is 9.97 Å². The quantitative estimate of drug-likeness (QED) is 0.613. The number of ether oxygens (including phenoxy) is 1. The minimum Gasteiger partial charge on any atom is -0.471 e. The number of nitrogens with zero attached hydrogens (tertiary/aromatic N) is 2. The summed E-state index contributed by atoms with van der Waals surface area (Å²) in [5, 5.41) is 17.5. The average molecular weight is 196 g/mol. The van der Waals surface area contributed by atoms with Gasteiger partial charge in [0.1, 0.15) is 5.60 Å². The van der Waals surface area contributed by atoms with Crippen molar-refractivity contribution in [3.8, 4) is 5.88 Å². The van der Waals surface area contributed by atoms with Crippen molar-refractivity contribution in [2.45, 2.75) is 26.4 Å². The summed E-state index contributed by atoms with van der Waals surface area (Å²) >= 11 is 0. The van der Waals surface area contributed by atoms with Gasteiger partial charge in [-0.05, 0) is 20.8 Å². The Bertz CT molecular complexity index is 294. The minimum absolute atomic E-state index is 0.103. The molecule has 0 amide bonds. The molecule has 0 saturated heterocycles. The molecule has 0 spiro atoms. The summed E-state index contributed by atoms with van der Waals surface area (Å²) in [5.74, 6) is 0.363. The Labute approximate surface area is 82.9 Å². The Balaban J connectivity index is 2.74. The second kappa shape index (κ2) is 3.94. The van der Waals surface area contributed by atoms with Crippen molar-refractivity contribution in [3.05, 3.63) is 12.4 Å². The molecular weight excluding hydrogens is 183 g/mol. The minimum atomic E-state index is -1.59. The van der Waals surface area contributed by atoms with Crippen LogP contribution in [0.5, 0.6) is 5.88 Å². The first-order valence-electron chi connectivity index (χ1n) is 4.25. The number of rotatable bonds is 2. The van der Waals surface area contributed by atoms with Crippen molar-refractivity contribution in [1.29, 1.82) is 0 Å². The van der Waals surface area contributed by atoms with Crippen LogP contribution in [0, 0.1) is 0 Å². The topological polar surface area (TPSA) is 75.5 Å². The van der Waals surface area contributed by atoms with E-state index in [9.17, 15) is 0 Å². The highest BCUT2D eigenvalue weighted by Gasteiger charge is 2.16. The zero-order valence-electron chi connectivity index (χ0n) is 8.43. The first-order chi connectivity index (χ1) is 6.38. The Morgan fingerprint density at radius 2 is 1.86 bits per heavy atom. The summed E-state index contributed by atoms with van der Waals surface area (Å²) in [5.41, 5.74) is -0.236. The van der Waals surface area contributed by atoms with Gasteiger partial charge < -0.3 is 14.8 Å². The molecule has 0 aliphatic rings. The molecule has 0 aromatic carbocycles. The molecule has 0 saturated carbocycles. The molecule has 1 heterocycles. The number of hydrogen-bond acceptors (Lipinski definition) is 5. The zero-order chi connectivity index (χ0) is 10.8. The van der Waals surface area contributed by atoms with Crippen LogP contribution in [-0.4, -0.2) is 32.7 Å². The van der Waals surface area contributed by atoms with Gasteiger partial charge >= 0.3 is 7.12 Å². The van der Waals surface area contributed by atoms with E-state index in [1.165, 1.54) is 12.4 Å². The molecule has 1 aromatic heterocycles. The van der Waals surface area contributed by atoms with Crippen LogP contribution in [0.1, 0.15) is 20.8 Å². The van der Waals surface area contributed by atoms with Gasteiger partial charge in [0.25, 0.3) is 0 Å². The molecule has 0 atom stereocenters. The van der Waals surface area contributed by atoms with E-state index in [-0.39, 0.29) is 11.2 Å². The van der Waals surface area contributed by atoms with Crippen molar-refractivity contribution in [2.24, 2.45) is 0 Å². The lowest BCUT2D eigenvalue weighted by molar-refractivity contribution is 0.123. The maximum Gasteiger partial charge on any atom is 0.509 e. The highest BCUT2D eigenvalue weighted by atomic mass is 16.5. The first kappa shape index (κ1) is 10.9. The molecule has 1 aromatic rings. The molecule has 14 heavy (non-hydrogen) atoms. The van der Waals surface area contributed by atoms with E-state index in [0.717, 1.165) is 0 Å². The van der Waals surface area contributed by atoms with Crippen molar-refractivity contribution >= 4 is 12.7 Å². The normalized spacial score (nSPS) is 11.2. The van der Waals surface area contributed by atoms with Gasteiger partial charge in [-0.3, -0.25) is 4.98 Å². The molecule has 0 aliphatic carbocycles. The summed E-state index contributed by atoms with van der Waals surface area (Å²) in [7, 11) is -1.59. The van der Waals surface area contributed by atoms with Gasteiger partial charge in [0.2, 0.25) is 5.88 Å².